The molecule has 0 radical (unpaired) electrons. The average molecular weight is 157 g/mol. The van der Waals surface area contributed by atoms with E-state index in [2.05, 4.69) is 0 Å². The molecule has 0 unspecified atom stereocenters. The summed E-state index contributed by atoms with van der Waals surface area (Å²) in [5, 5.41) is 9.18. The minimum atomic E-state index is -0.794. The van der Waals surface area contributed by atoms with Crippen molar-refractivity contribution in [1.82, 2.24) is 0 Å². The maximum absolute atomic E-state index is 10.2. The lowest BCUT2D eigenvalue weighted by Crippen LogP contribution is -2.14. The van der Waals surface area contributed by atoms with Crippen LogP contribution in [0.3, 0.4) is 0 Å². The van der Waals surface area contributed by atoms with Crippen molar-refractivity contribution in [3.05, 3.63) is 12.2 Å². The third kappa shape index (κ3) is 9.17. The average Bonchev–Trinajstić information content (AvgIpc) is 1.78. The molecule has 0 spiro atoms. The Morgan fingerprint density at radius 2 is 2.18 bits per heavy atom. The van der Waals surface area contributed by atoms with E-state index in [1.54, 1.807) is 26.0 Å². The van der Waals surface area contributed by atoms with E-state index < -0.39 is 5.60 Å². The standard InChI is InChI=1S/C8H15NO2/c1-8(2,11)6-4-3-5-7(9)10/h4,6,11H,3,5H2,1-2H3,(H2,9,10)/b6-4-. The molecule has 64 valence electrons. The van der Waals surface area contributed by atoms with Crippen LogP contribution in [0.25, 0.3) is 0 Å². The molecule has 1 amide bonds. The zero-order chi connectivity index (χ0) is 8.91. The van der Waals surface area contributed by atoms with Gasteiger partial charge in [-0.2, -0.15) is 0 Å². The normalized spacial score (nSPS) is 12.3. The summed E-state index contributed by atoms with van der Waals surface area (Å²) in [5.74, 6) is -0.314. The Balaban J connectivity index is 3.54. The number of carbonyl (C=O) groups is 1. The van der Waals surface area contributed by atoms with Crippen LogP contribution in [0.4, 0.5) is 0 Å². The van der Waals surface area contributed by atoms with Gasteiger partial charge in [-0.1, -0.05) is 12.2 Å². The van der Waals surface area contributed by atoms with Crippen LogP contribution in [-0.4, -0.2) is 16.6 Å². The second kappa shape index (κ2) is 4.13. The highest BCUT2D eigenvalue weighted by atomic mass is 16.3. The molecule has 0 rings (SSSR count). The van der Waals surface area contributed by atoms with Crippen LogP contribution in [0.2, 0.25) is 0 Å². The molecule has 0 fully saturated rings. The first-order valence-electron chi connectivity index (χ1n) is 3.60. The zero-order valence-corrected chi connectivity index (χ0v) is 7.00. The summed E-state index contributed by atoms with van der Waals surface area (Å²) in [5.41, 5.74) is 4.11. The fraction of sp³-hybridized carbons (Fsp3) is 0.625. The minimum Gasteiger partial charge on any atom is -0.386 e. The lowest BCUT2D eigenvalue weighted by Gasteiger charge is -2.09. The molecule has 3 nitrogen and oxygen atoms in total. The van der Waals surface area contributed by atoms with E-state index in [1.165, 1.54) is 0 Å². The van der Waals surface area contributed by atoms with Gasteiger partial charge >= 0.3 is 0 Å². The van der Waals surface area contributed by atoms with Crippen LogP contribution in [0.1, 0.15) is 26.7 Å². The first-order valence-corrected chi connectivity index (χ1v) is 3.60. The van der Waals surface area contributed by atoms with Crippen molar-refractivity contribution in [3.8, 4) is 0 Å². The lowest BCUT2D eigenvalue weighted by atomic mass is 10.1. The molecular formula is C8H15NO2. The highest BCUT2D eigenvalue weighted by Crippen LogP contribution is 2.03. The Kier molecular flexibility index (Phi) is 3.82. The molecule has 3 heteroatoms. The third-order valence-corrected chi connectivity index (χ3v) is 1.08. The molecule has 3 N–H and O–H groups in total. The number of hydrogen-bond acceptors (Lipinski definition) is 2. The molecule has 0 bridgehead atoms. The van der Waals surface area contributed by atoms with Gasteiger partial charge in [-0.3, -0.25) is 4.79 Å². The molecule has 0 aromatic heterocycles. The molecular weight excluding hydrogens is 142 g/mol. The first kappa shape index (κ1) is 10.2. The lowest BCUT2D eigenvalue weighted by molar-refractivity contribution is -0.117. The fourth-order valence-electron chi connectivity index (χ4n) is 0.597. The van der Waals surface area contributed by atoms with Gasteiger partial charge in [0.05, 0.1) is 5.60 Å². The van der Waals surface area contributed by atoms with Crippen LogP contribution >= 0.6 is 0 Å². The Labute approximate surface area is 66.9 Å². The van der Waals surface area contributed by atoms with Crippen molar-refractivity contribution in [1.29, 1.82) is 0 Å². The molecule has 0 aliphatic rings. The summed E-state index contributed by atoms with van der Waals surface area (Å²) in [6.45, 7) is 3.35. The minimum absolute atomic E-state index is 0.314. The predicted octanol–water partition coefficient (Wildman–Crippen LogP) is 0.579. The summed E-state index contributed by atoms with van der Waals surface area (Å²) >= 11 is 0. The van der Waals surface area contributed by atoms with E-state index in [4.69, 9.17) is 5.73 Å². The highest BCUT2D eigenvalue weighted by molar-refractivity contribution is 5.73. The van der Waals surface area contributed by atoms with Crippen LogP contribution in [-0.2, 0) is 4.79 Å². The monoisotopic (exact) mass is 157 g/mol. The van der Waals surface area contributed by atoms with Gasteiger partial charge in [0.25, 0.3) is 0 Å². The Hall–Kier alpha value is -0.830. The number of allylic oxidation sites excluding steroid dienone is 1. The van der Waals surface area contributed by atoms with Crippen molar-refractivity contribution >= 4 is 5.91 Å². The second-order valence-electron chi connectivity index (χ2n) is 3.06. The number of rotatable bonds is 4. The van der Waals surface area contributed by atoms with Gasteiger partial charge in [0, 0.05) is 6.42 Å². The molecule has 0 atom stereocenters. The SMILES string of the molecule is CC(C)(O)/C=C\CCC(N)=O. The van der Waals surface area contributed by atoms with E-state index in [-0.39, 0.29) is 5.91 Å². The topological polar surface area (TPSA) is 63.3 Å². The summed E-state index contributed by atoms with van der Waals surface area (Å²) < 4.78 is 0. The van der Waals surface area contributed by atoms with Crippen LogP contribution in [0.15, 0.2) is 12.2 Å². The Morgan fingerprint density at radius 3 is 2.55 bits per heavy atom. The van der Waals surface area contributed by atoms with E-state index in [0.29, 0.717) is 12.8 Å². The summed E-state index contributed by atoms with van der Waals surface area (Å²) in [6, 6.07) is 0. The Morgan fingerprint density at radius 1 is 1.64 bits per heavy atom. The van der Waals surface area contributed by atoms with E-state index >= 15 is 0 Å². The van der Waals surface area contributed by atoms with E-state index in [0.717, 1.165) is 0 Å². The predicted molar refractivity (Wildman–Crippen MR) is 43.9 cm³/mol. The largest absolute Gasteiger partial charge is 0.386 e. The van der Waals surface area contributed by atoms with Crippen molar-refractivity contribution in [2.24, 2.45) is 5.73 Å². The fourth-order valence-corrected chi connectivity index (χ4v) is 0.597. The number of aliphatic hydroxyl groups is 1. The van der Waals surface area contributed by atoms with Crippen molar-refractivity contribution in [2.45, 2.75) is 32.3 Å². The van der Waals surface area contributed by atoms with Gasteiger partial charge in [-0.25, -0.2) is 0 Å². The second-order valence-corrected chi connectivity index (χ2v) is 3.06. The number of primary amides is 1. The Bertz CT molecular complexity index is 156. The van der Waals surface area contributed by atoms with E-state index in [1.807, 2.05) is 0 Å². The molecule has 0 aliphatic carbocycles. The quantitative estimate of drug-likeness (QED) is 0.586. The first-order chi connectivity index (χ1) is 4.92. The summed E-state index contributed by atoms with van der Waals surface area (Å²) in [7, 11) is 0. The number of amides is 1. The van der Waals surface area contributed by atoms with Crippen molar-refractivity contribution in [2.75, 3.05) is 0 Å². The van der Waals surface area contributed by atoms with Gasteiger partial charge < -0.3 is 10.8 Å². The molecule has 0 saturated carbocycles. The molecule has 0 aromatic carbocycles. The van der Waals surface area contributed by atoms with Crippen LogP contribution < -0.4 is 5.73 Å². The maximum Gasteiger partial charge on any atom is 0.217 e. The smallest absolute Gasteiger partial charge is 0.217 e. The third-order valence-electron chi connectivity index (χ3n) is 1.08. The zero-order valence-electron chi connectivity index (χ0n) is 7.00. The molecule has 0 aromatic rings. The van der Waals surface area contributed by atoms with E-state index in [9.17, 15) is 9.90 Å². The summed E-state index contributed by atoms with van der Waals surface area (Å²) in [6.07, 6.45) is 4.34. The van der Waals surface area contributed by atoms with Gasteiger partial charge in [-0.15, -0.1) is 0 Å². The number of hydrogen-bond donors (Lipinski definition) is 2. The molecule has 0 saturated heterocycles. The summed E-state index contributed by atoms with van der Waals surface area (Å²) in [4.78, 5) is 10.2. The maximum atomic E-state index is 10.2. The van der Waals surface area contributed by atoms with Gasteiger partial charge in [0.2, 0.25) is 5.91 Å². The van der Waals surface area contributed by atoms with Crippen LogP contribution in [0, 0.1) is 0 Å². The van der Waals surface area contributed by atoms with Gasteiger partial charge in [-0.05, 0) is 20.3 Å². The number of nitrogens with two attached hydrogens (primary N) is 1. The molecule has 11 heavy (non-hydrogen) atoms. The van der Waals surface area contributed by atoms with Gasteiger partial charge in [0.1, 0.15) is 0 Å². The van der Waals surface area contributed by atoms with Crippen LogP contribution in [0.5, 0.6) is 0 Å². The van der Waals surface area contributed by atoms with Crippen molar-refractivity contribution in [3.63, 3.8) is 0 Å². The van der Waals surface area contributed by atoms with Gasteiger partial charge in [0.15, 0.2) is 0 Å². The highest BCUT2D eigenvalue weighted by Gasteiger charge is 2.04. The number of carbonyl (C=O) groups excluding carboxylic acids is 1. The molecule has 0 aliphatic heterocycles. The van der Waals surface area contributed by atoms with Crippen molar-refractivity contribution < 1.29 is 9.90 Å². The molecule has 0 heterocycles.